The van der Waals surface area contributed by atoms with Gasteiger partial charge in [-0.25, -0.2) is 0 Å². The number of hydrogen-bond acceptors (Lipinski definition) is 6. The maximum Gasteiger partial charge on any atom is 0.252 e. The molecule has 0 spiro atoms. The Kier molecular flexibility index (Phi) is 5.00. The van der Waals surface area contributed by atoms with Crippen molar-refractivity contribution in [2.75, 3.05) is 6.61 Å². The predicted octanol–water partition coefficient (Wildman–Crippen LogP) is 0.732. The summed E-state index contributed by atoms with van der Waals surface area (Å²) in [5.41, 5.74) is 6.02. The van der Waals surface area contributed by atoms with Crippen molar-refractivity contribution in [1.82, 2.24) is 0 Å². The summed E-state index contributed by atoms with van der Waals surface area (Å²) in [5, 5.41) is 29.2. The quantitative estimate of drug-likeness (QED) is 0.634. The third-order valence-corrected chi connectivity index (χ3v) is 4.11. The van der Waals surface area contributed by atoms with Gasteiger partial charge in [-0.15, -0.1) is 0 Å². The van der Waals surface area contributed by atoms with E-state index in [4.69, 9.17) is 15.2 Å². The molecule has 0 saturated carbocycles. The second-order valence-corrected chi connectivity index (χ2v) is 5.79. The van der Waals surface area contributed by atoms with Gasteiger partial charge < -0.3 is 30.5 Å². The zero-order valence-electron chi connectivity index (χ0n) is 13.3. The van der Waals surface area contributed by atoms with Crippen LogP contribution in [0.5, 0.6) is 11.5 Å². The fourth-order valence-corrected chi connectivity index (χ4v) is 2.80. The zero-order valence-corrected chi connectivity index (χ0v) is 13.3. The largest absolute Gasteiger partial charge is 0.457 e. The van der Waals surface area contributed by atoms with E-state index in [-0.39, 0.29) is 11.3 Å². The molecule has 132 valence electrons. The normalized spacial score (nSPS) is 25.7. The van der Waals surface area contributed by atoms with E-state index in [1.807, 2.05) is 6.07 Å². The minimum Gasteiger partial charge on any atom is -0.457 e. The highest BCUT2D eigenvalue weighted by molar-refractivity contribution is 5.96. The molecule has 1 aliphatic heterocycles. The zero-order chi connectivity index (χ0) is 18.0. The number of para-hydroxylation sites is 1. The molecule has 7 nitrogen and oxygen atoms in total. The van der Waals surface area contributed by atoms with Crippen LogP contribution in [0.2, 0.25) is 0 Å². The number of aliphatic hydroxyl groups is 3. The number of primary amides is 1. The van der Waals surface area contributed by atoms with E-state index in [0.29, 0.717) is 11.3 Å². The van der Waals surface area contributed by atoms with E-state index >= 15 is 0 Å². The monoisotopic (exact) mass is 345 g/mol. The molecule has 1 aliphatic rings. The molecule has 4 atom stereocenters. The second kappa shape index (κ2) is 7.20. The third kappa shape index (κ3) is 3.49. The molecule has 1 amide bonds. The van der Waals surface area contributed by atoms with Gasteiger partial charge in [0.05, 0.1) is 12.2 Å². The van der Waals surface area contributed by atoms with Crippen molar-refractivity contribution in [1.29, 1.82) is 0 Å². The average molecular weight is 345 g/mol. The van der Waals surface area contributed by atoms with Crippen LogP contribution in [-0.2, 0) is 4.74 Å². The summed E-state index contributed by atoms with van der Waals surface area (Å²) in [7, 11) is 0. The van der Waals surface area contributed by atoms with Gasteiger partial charge in [0.2, 0.25) is 0 Å². The smallest absolute Gasteiger partial charge is 0.252 e. The summed E-state index contributed by atoms with van der Waals surface area (Å²) in [5.74, 6) is 0.124. The fourth-order valence-electron chi connectivity index (χ4n) is 2.80. The lowest BCUT2D eigenvalue weighted by Gasteiger charge is -2.17. The molecule has 0 aliphatic carbocycles. The topological polar surface area (TPSA) is 122 Å². The van der Waals surface area contributed by atoms with Gasteiger partial charge >= 0.3 is 0 Å². The highest BCUT2D eigenvalue weighted by Crippen LogP contribution is 2.36. The van der Waals surface area contributed by atoms with Crippen LogP contribution in [0.25, 0.3) is 0 Å². The molecule has 2 aromatic rings. The number of ether oxygens (including phenoxy) is 2. The maximum atomic E-state index is 11.8. The molecular weight excluding hydrogens is 326 g/mol. The van der Waals surface area contributed by atoms with Gasteiger partial charge in [-0.2, -0.15) is 0 Å². The average Bonchev–Trinajstić information content (AvgIpc) is 2.91. The minimum atomic E-state index is -1.22. The number of nitrogens with two attached hydrogens (primary N) is 1. The van der Waals surface area contributed by atoms with Crippen molar-refractivity contribution in [3.63, 3.8) is 0 Å². The first-order chi connectivity index (χ1) is 12.0. The van der Waals surface area contributed by atoms with Gasteiger partial charge in [0, 0.05) is 0 Å². The van der Waals surface area contributed by atoms with Gasteiger partial charge in [-0.1, -0.05) is 24.3 Å². The van der Waals surface area contributed by atoms with Crippen LogP contribution in [0.3, 0.4) is 0 Å². The van der Waals surface area contributed by atoms with Crippen molar-refractivity contribution in [2.24, 2.45) is 5.73 Å². The summed E-state index contributed by atoms with van der Waals surface area (Å²) in [6.07, 6.45) is -4.21. The molecule has 3 rings (SSSR count). The van der Waals surface area contributed by atoms with Gasteiger partial charge in [0.15, 0.2) is 0 Å². The Morgan fingerprint density at radius 3 is 2.44 bits per heavy atom. The molecular formula is C18H19NO6. The lowest BCUT2D eigenvalue weighted by atomic mass is 9.99. The number of carbonyl (C=O) groups excluding carboxylic acids is 1. The van der Waals surface area contributed by atoms with Crippen LogP contribution in [0.15, 0.2) is 48.5 Å². The maximum absolute atomic E-state index is 11.8. The Labute approximate surface area is 144 Å². The number of benzene rings is 2. The second-order valence-electron chi connectivity index (χ2n) is 5.79. The molecule has 2 aromatic carbocycles. The van der Waals surface area contributed by atoms with Crippen LogP contribution < -0.4 is 10.5 Å². The van der Waals surface area contributed by atoms with Crippen LogP contribution in [0, 0.1) is 0 Å². The molecule has 0 unspecified atom stereocenters. The van der Waals surface area contributed by atoms with Crippen molar-refractivity contribution in [2.45, 2.75) is 24.4 Å². The SMILES string of the molecule is NC(=O)c1cc([C@@H]2O[C@H](CO)[C@@H](O)[C@H]2O)ccc1Oc1ccccc1. The fraction of sp³-hybridized carbons (Fsp3) is 0.278. The van der Waals surface area contributed by atoms with Crippen molar-refractivity contribution in [3.05, 3.63) is 59.7 Å². The summed E-state index contributed by atoms with van der Waals surface area (Å²) in [6.45, 7) is -0.424. The molecule has 0 bridgehead atoms. The van der Waals surface area contributed by atoms with Gasteiger partial charge in [0.1, 0.15) is 35.9 Å². The highest BCUT2D eigenvalue weighted by Gasteiger charge is 2.43. The predicted molar refractivity (Wildman–Crippen MR) is 88.2 cm³/mol. The Balaban J connectivity index is 1.91. The van der Waals surface area contributed by atoms with Crippen molar-refractivity contribution < 1.29 is 29.6 Å². The molecule has 25 heavy (non-hydrogen) atoms. The summed E-state index contributed by atoms with van der Waals surface area (Å²) < 4.78 is 11.2. The number of carbonyl (C=O) groups is 1. The lowest BCUT2D eigenvalue weighted by Crippen LogP contribution is -2.32. The van der Waals surface area contributed by atoms with Crippen LogP contribution in [0.4, 0.5) is 0 Å². The lowest BCUT2D eigenvalue weighted by molar-refractivity contribution is -0.0227. The third-order valence-electron chi connectivity index (χ3n) is 4.11. The summed E-state index contributed by atoms with van der Waals surface area (Å²) >= 11 is 0. The van der Waals surface area contributed by atoms with E-state index in [1.165, 1.54) is 6.07 Å². The molecule has 7 heteroatoms. The van der Waals surface area contributed by atoms with E-state index in [2.05, 4.69) is 0 Å². The van der Waals surface area contributed by atoms with E-state index < -0.39 is 36.9 Å². The van der Waals surface area contributed by atoms with E-state index in [1.54, 1.807) is 36.4 Å². The van der Waals surface area contributed by atoms with E-state index in [9.17, 15) is 20.1 Å². The standard InChI is InChI=1S/C18H19NO6/c19-18(23)12-8-10(17-16(22)15(21)14(9-20)25-17)6-7-13(12)24-11-4-2-1-3-5-11/h1-8,14-17,20-22H,9H2,(H2,19,23)/t14-,15-,16-,17+/m1/s1. The Bertz CT molecular complexity index is 750. The van der Waals surface area contributed by atoms with Crippen LogP contribution in [-0.4, -0.2) is 46.1 Å². The minimum absolute atomic E-state index is 0.124. The van der Waals surface area contributed by atoms with Crippen molar-refractivity contribution in [3.8, 4) is 11.5 Å². The number of hydrogen-bond donors (Lipinski definition) is 4. The summed E-state index contributed by atoms with van der Waals surface area (Å²) in [6, 6.07) is 13.5. The molecule has 0 radical (unpaired) electrons. The Hall–Kier alpha value is -2.45. The number of rotatable bonds is 5. The summed E-state index contributed by atoms with van der Waals surface area (Å²) in [4.78, 5) is 11.8. The van der Waals surface area contributed by atoms with Gasteiger partial charge in [0.25, 0.3) is 5.91 Å². The molecule has 0 aromatic heterocycles. The molecule has 1 heterocycles. The van der Waals surface area contributed by atoms with Gasteiger partial charge in [-0.3, -0.25) is 4.79 Å². The number of amides is 1. The first-order valence-electron chi connectivity index (χ1n) is 7.80. The Morgan fingerprint density at radius 2 is 1.84 bits per heavy atom. The molecule has 1 saturated heterocycles. The first kappa shape index (κ1) is 17.4. The van der Waals surface area contributed by atoms with Crippen LogP contribution >= 0.6 is 0 Å². The first-order valence-corrected chi connectivity index (χ1v) is 7.80. The molecule has 1 fully saturated rings. The van der Waals surface area contributed by atoms with Gasteiger partial charge in [-0.05, 0) is 29.8 Å². The highest BCUT2D eigenvalue weighted by atomic mass is 16.6. The van der Waals surface area contributed by atoms with Crippen molar-refractivity contribution >= 4 is 5.91 Å². The molecule has 5 N–H and O–H groups in total. The Morgan fingerprint density at radius 1 is 1.12 bits per heavy atom. The van der Waals surface area contributed by atoms with Crippen LogP contribution in [0.1, 0.15) is 22.0 Å². The number of aliphatic hydroxyl groups excluding tert-OH is 3. The van der Waals surface area contributed by atoms with E-state index in [0.717, 1.165) is 0 Å².